The summed E-state index contributed by atoms with van der Waals surface area (Å²) in [6.07, 6.45) is 2.17. The number of thiophene rings is 1. The third-order valence-corrected chi connectivity index (χ3v) is 5.00. The zero-order chi connectivity index (χ0) is 14.1. The lowest BCUT2D eigenvalue weighted by molar-refractivity contribution is 0.0732. The highest BCUT2D eigenvalue weighted by atomic mass is 79.9. The Balaban J connectivity index is 1.87. The number of halogens is 2. The average Bonchev–Trinajstić information content (AvgIpc) is 3.15. The molecular weight excluding hydrogens is 358 g/mol. The van der Waals surface area contributed by atoms with Crippen LogP contribution in [0.1, 0.15) is 28.1 Å². The van der Waals surface area contributed by atoms with Crippen LogP contribution in [-0.4, -0.2) is 16.8 Å². The van der Waals surface area contributed by atoms with Gasteiger partial charge in [-0.15, -0.1) is 11.3 Å². The largest absolute Gasteiger partial charge is 0.330 e. The number of nitrogens with zero attached hydrogens (tertiary/aromatic N) is 1. The summed E-state index contributed by atoms with van der Waals surface area (Å²) in [7, 11) is 0. The van der Waals surface area contributed by atoms with Gasteiger partial charge in [-0.25, -0.2) is 0 Å². The molecule has 1 fully saturated rings. The summed E-state index contributed by atoms with van der Waals surface area (Å²) in [5.41, 5.74) is 0.574. The van der Waals surface area contributed by atoms with Crippen molar-refractivity contribution < 1.29 is 4.79 Å². The van der Waals surface area contributed by atoms with Gasteiger partial charge in [0.1, 0.15) is 0 Å². The van der Waals surface area contributed by atoms with Gasteiger partial charge in [-0.1, -0.05) is 33.6 Å². The molecule has 0 unspecified atom stereocenters. The summed E-state index contributed by atoms with van der Waals surface area (Å²) in [5, 5.41) is 2.55. The van der Waals surface area contributed by atoms with Crippen molar-refractivity contribution in [1.82, 2.24) is 4.90 Å². The van der Waals surface area contributed by atoms with Gasteiger partial charge in [0.2, 0.25) is 0 Å². The van der Waals surface area contributed by atoms with Gasteiger partial charge < -0.3 is 4.90 Å². The van der Waals surface area contributed by atoms with Crippen molar-refractivity contribution in [1.29, 1.82) is 0 Å². The summed E-state index contributed by atoms with van der Waals surface area (Å²) in [5.74, 6) is 0.0206. The predicted molar refractivity (Wildman–Crippen MR) is 86.4 cm³/mol. The molecule has 2 aromatic rings. The molecule has 0 saturated heterocycles. The van der Waals surface area contributed by atoms with Crippen molar-refractivity contribution in [3.05, 3.63) is 55.6 Å². The van der Waals surface area contributed by atoms with Crippen LogP contribution in [0.3, 0.4) is 0 Å². The van der Waals surface area contributed by atoms with Crippen LogP contribution in [0, 0.1) is 0 Å². The average molecular weight is 371 g/mol. The second-order valence-corrected chi connectivity index (χ2v) is 7.22. The van der Waals surface area contributed by atoms with E-state index in [1.54, 1.807) is 23.5 Å². The first-order valence-electron chi connectivity index (χ1n) is 6.43. The van der Waals surface area contributed by atoms with E-state index >= 15 is 0 Å². The predicted octanol–water partition coefficient (Wildman–Crippen LogP) is 4.97. The highest BCUT2D eigenvalue weighted by Crippen LogP contribution is 2.32. The molecule has 0 radical (unpaired) electrons. The number of hydrogen-bond donors (Lipinski definition) is 0. The molecule has 5 heteroatoms. The fourth-order valence-electron chi connectivity index (χ4n) is 2.14. The van der Waals surface area contributed by atoms with E-state index in [1.807, 2.05) is 22.4 Å². The van der Waals surface area contributed by atoms with Gasteiger partial charge in [-0.2, -0.15) is 0 Å². The number of amides is 1. The van der Waals surface area contributed by atoms with E-state index in [0.717, 1.165) is 17.3 Å². The molecule has 1 aromatic heterocycles. The van der Waals surface area contributed by atoms with Gasteiger partial charge >= 0.3 is 0 Å². The number of rotatable bonds is 4. The molecule has 2 nitrogen and oxygen atoms in total. The summed E-state index contributed by atoms with van der Waals surface area (Å²) in [4.78, 5) is 15.9. The standard InChI is InChI=1S/C15H13BrClNOS/c16-10-3-6-14(17)13(8-10)15(19)18(11-4-5-11)9-12-2-1-7-20-12/h1-3,6-8,11H,4-5,9H2. The first-order valence-corrected chi connectivity index (χ1v) is 8.48. The Hall–Kier alpha value is -0.840. The van der Waals surface area contributed by atoms with E-state index < -0.39 is 0 Å². The zero-order valence-corrected chi connectivity index (χ0v) is 13.8. The van der Waals surface area contributed by atoms with Crippen LogP contribution in [0.25, 0.3) is 0 Å². The Kier molecular flexibility index (Phi) is 4.15. The molecule has 0 atom stereocenters. The lowest BCUT2D eigenvalue weighted by Gasteiger charge is -2.22. The number of carbonyl (C=O) groups is 1. The Morgan fingerprint density at radius 2 is 2.20 bits per heavy atom. The quantitative estimate of drug-likeness (QED) is 0.744. The van der Waals surface area contributed by atoms with E-state index in [9.17, 15) is 4.79 Å². The molecule has 20 heavy (non-hydrogen) atoms. The second-order valence-electron chi connectivity index (χ2n) is 4.87. The molecule has 1 amide bonds. The van der Waals surface area contributed by atoms with Crippen molar-refractivity contribution in [3.8, 4) is 0 Å². The normalized spacial score (nSPS) is 14.3. The monoisotopic (exact) mass is 369 g/mol. The lowest BCUT2D eigenvalue weighted by atomic mass is 10.2. The van der Waals surface area contributed by atoms with Gasteiger partial charge in [0, 0.05) is 15.4 Å². The minimum absolute atomic E-state index is 0.0206. The first kappa shape index (κ1) is 14.1. The summed E-state index contributed by atoms with van der Waals surface area (Å²) in [6, 6.07) is 9.85. The highest BCUT2D eigenvalue weighted by molar-refractivity contribution is 9.10. The van der Waals surface area contributed by atoms with Gasteiger partial charge in [0.05, 0.1) is 17.1 Å². The lowest BCUT2D eigenvalue weighted by Crippen LogP contribution is -2.32. The molecule has 104 valence electrons. The number of benzene rings is 1. The van der Waals surface area contributed by atoms with Crippen LogP contribution in [0.2, 0.25) is 5.02 Å². The number of hydrogen-bond acceptors (Lipinski definition) is 2. The molecule has 0 bridgehead atoms. The molecule has 1 saturated carbocycles. The zero-order valence-electron chi connectivity index (χ0n) is 10.7. The molecule has 1 aromatic carbocycles. The Morgan fingerprint density at radius 1 is 1.40 bits per heavy atom. The Morgan fingerprint density at radius 3 is 2.85 bits per heavy atom. The van der Waals surface area contributed by atoms with Gasteiger partial charge in [-0.3, -0.25) is 4.79 Å². The topological polar surface area (TPSA) is 20.3 Å². The van der Waals surface area contributed by atoms with Crippen LogP contribution in [-0.2, 0) is 6.54 Å². The van der Waals surface area contributed by atoms with Gasteiger partial charge in [-0.05, 0) is 42.5 Å². The Bertz CT molecular complexity index is 625. The fourth-order valence-corrected chi connectivity index (χ4v) is 3.40. The van der Waals surface area contributed by atoms with E-state index in [4.69, 9.17) is 11.6 Å². The van der Waals surface area contributed by atoms with Crippen molar-refractivity contribution in [3.63, 3.8) is 0 Å². The highest BCUT2D eigenvalue weighted by Gasteiger charge is 2.34. The first-order chi connectivity index (χ1) is 9.65. The van der Waals surface area contributed by atoms with Crippen molar-refractivity contribution in [2.24, 2.45) is 0 Å². The van der Waals surface area contributed by atoms with Crippen LogP contribution in [0.4, 0.5) is 0 Å². The maximum atomic E-state index is 12.8. The third-order valence-electron chi connectivity index (χ3n) is 3.31. The summed E-state index contributed by atoms with van der Waals surface area (Å²) >= 11 is 11.3. The van der Waals surface area contributed by atoms with E-state index in [1.165, 1.54) is 4.88 Å². The minimum atomic E-state index is 0.0206. The fraction of sp³-hybridized carbons (Fsp3) is 0.267. The molecule has 1 heterocycles. The molecule has 0 aliphatic heterocycles. The van der Waals surface area contributed by atoms with Crippen LogP contribution < -0.4 is 0 Å². The molecule has 1 aliphatic rings. The maximum absolute atomic E-state index is 12.8. The summed E-state index contributed by atoms with van der Waals surface area (Å²) < 4.78 is 0.872. The van der Waals surface area contributed by atoms with Crippen LogP contribution >= 0.6 is 38.9 Å². The van der Waals surface area contributed by atoms with Gasteiger partial charge in [0.15, 0.2) is 0 Å². The van der Waals surface area contributed by atoms with Crippen molar-refractivity contribution in [2.75, 3.05) is 0 Å². The molecule has 1 aliphatic carbocycles. The van der Waals surface area contributed by atoms with E-state index in [-0.39, 0.29) is 5.91 Å². The van der Waals surface area contributed by atoms with Crippen LogP contribution in [0.5, 0.6) is 0 Å². The van der Waals surface area contributed by atoms with Crippen molar-refractivity contribution >= 4 is 44.8 Å². The van der Waals surface area contributed by atoms with Gasteiger partial charge in [0.25, 0.3) is 5.91 Å². The van der Waals surface area contributed by atoms with Crippen molar-refractivity contribution in [2.45, 2.75) is 25.4 Å². The molecule has 0 N–H and O–H groups in total. The number of carbonyl (C=O) groups excluding carboxylic acids is 1. The minimum Gasteiger partial charge on any atom is -0.330 e. The molecule has 3 rings (SSSR count). The second kappa shape index (κ2) is 5.88. The molecule has 0 spiro atoms. The smallest absolute Gasteiger partial charge is 0.255 e. The Labute approximate surface area is 135 Å². The SMILES string of the molecule is O=C(c1cc(Br)ccc1Cl)N(Cc1cccs1)C1CC1. The van der Waals surface area contributed by atoms with Crippen LogP contribution in [0.15, 0.2) is 40.2 Å². The summed E-state index contributed by atoms with van der Waals surface area (Å²) in [6.45, 7) is 0.671. The molecular formula is C15H13BrClNOS. The maximum Gasteiger partial charge on any atom is 0.255 e. The third kappa shape index (κ3) is 3.08. The van der Waals surface area contributed by atoms with E-state index in [0.29, 0.717) is 23.2 Å². The van der Waals surface area contributed by atoms with E-state index in [2.05, 4.69) is 22.0 Å².